The SMILES string of the molecule is C.C.CB(O)NC1CN2CCC1C2.CCOC(=O)/C=C/CNCc1ccccc1.CCOC(=O)C=CCBr.CCOC(=O)C[C@H]1CN(Cc2ccccc2)C[C@@H]1N.CCOC(=O)C[C@H]1CN(Cc2ccccc2)C[C@@H]1[N+](=O)[O-].NC1CN2CCC1C2.O=C(OCC[N+](=O)[O-])c1ccccc1.O=[N+]([O-])CCO.[B]C(=O)N[C@H]1CN(Cc2ccccc2)C[C@@H]1CC(=O)OCC.[B]C(=O)N[C@H]1CN(Cc2ccccc2)C[C@@H]1CCO. The number of hydrogen-bond acceptors (Lipinski definition) is 33. The first-order valence-corrected chi connectivity index (χ1v) is 50.7. The van der Waals surface area contributed by atoms with Crippen LogP contribution in [0.5, 0.6) is 0 Å². The van der Waals surface area contributed by atoms with E-state index in [2.05, 4.69) is 120 Å². The number of aliphatic hydroxyl groups excluding tert-OH is 2. The van der Waals surface area contributed by atoms with Crippen molar-refractivity contribution in [3.05, 3.63) is 270 Å². The van der Waals surface area contributed by atoms with Crippen molar-refractivity contribution in [2.75, 3.05) is 169 Å². The summed E-state index contributed by atoms with van der Waals surface area (Å²) >= 11 is 3.13. The van der Waals surface area contributed by atoms with E-state index in [0.717, 1.165) is 89.4 Å². The summed E-state index contributed by atoms with van der Waals surface area (Å²) in [6.45, 7) is 29.3. The number of halogens is 1. The lowest BCUT2D eigenvalue weighted by Gasteiger charge is -2.23. The Hall–Kier alpha value is -11.1. The standard InChI is InChI=1S/C16H21BN2O3.C15H20N2O4.C15H22N2O2.C14H19BN2O2.C13H17NO2.C9H9NO4.C7H15BN2O.C6H9BrO2.C6H12N2.C2H5NO3.2CH4/c1-2-22-15(20)8-13-10-19(11-14(13)18-16(17)21)9-12-6-4-3-5-7-12;1-2-21-15(18)8-13-10-16(11-14(13)17(19)20)9-12-6-4-3-5-7-12;1-2-19-15(18)8-13-10-17(11-14(13)16)9-12-6-4-3-5-7-12;15-14(19)16-13-10-17(9-12(13)6-7-18)8-11-4-2-1-3-5-11;1-2-16-13(15)9-6-10-14-11-12-7-4-3-5-8-12;11-9(14-7-6-10(12)13)8-4-2-1-3-5-8;1-8(11)9-7-5-10-3-2-6(7)4-10;1-2-9-6(8)4-3-5-7;7-6-4-8-2-1-5(6)3-8;4-2-1-3(5)6;;/h3-7,13-14H,2,8-11H2,1H3,(H,18,21);3-7,13-14H,2,8-11H2,1H3;3-7,13-14H,2,8-11,16H2,1H3;1-5,12-13,18H,6-10H2,(H,16,19);3-9,14H,2,10-11H2,1H3;1-5H,6-7H2;6-7,9,11H,2-5H2,1H3;3-4H,2,5H2,1H3;5-6H,1-4,7H2;4H,1-2H2;2*1H4/b;;;;9-6+;;;;;;;/t3*13-,14-;12-,13-;;;;;;;;/m0000......../s1. The fourth-order valence-corrected chi connectivity index (χ4v) is 17.9. The molecule has 6 unspecified atom stereocenters. The van der Waals surface area contributed by atoms with Crippen molar-refractivity contribution in [1.82, 2.24) is 50.6 Å². The normalized spacial score (nSPS) is 21.4. The maximum Gasteiger partial charge on any atom is 0.373 e. The highest BCUT2D eigenvalue weighted by Crippen LogP contribution is 2.31. The van der Waals surface area contributed by atoms with E-state index in [1.807, 2.05) is 115 Å². The number of benzene rings is 6. The number of alkyl halides is 1. The summed E-state index contributed by atoms with van der Waals surface area (Å²) < 4.78 is 28.9. The third-order valence-electron chi connectivity index (χ3n) is 24.3. The first-order chi connectivity index (χ1) is 69.8. The number of amides is 2. The van der Waals surface area contributed by atoms with Crippen LogP contribution in [0.1, 0.15) is 126 Å². The quantitative estimate of drug-likeness (QED) is 0.00253. The minimum Gasteiger partial charge on any atom is -0.466 e. The Morgan fingerprint density at radius 3 is 1.21 bits per heavy atom. The Morgan fingerprint density at radius 2 is 0.844 bits per heavy atom. The van der Waals surface area contributed by atoms with Crippen molar-refractivity contribution < 1.29 is 96.8 Å². The molecule has 14 atom stereocenters. The van der Waals surface area contributed by atoms with Crippen molar-refractivity contribution in [3.63, 3.8) is 0 Å². The molecule has 8 heterocycles. The van der Waals surface area contributed by atoms with Crippen LogP contribution >= 0.6 is 15.9 Å². The highest BCUT2D eigenvalue weighted by Gasteiger charge is 2.44. The summed E-state index contributed by atoms with van der Waals surface area (Å²) in [6, 6.07) is 59.3. The Morgan fingerprint density at radius 1 is 0.456 bits per heavy atom. The number of rotatable bonds is 39. The van der Waals surface area contributed by atoms with Gasteiger partial charge in [0.15, 0.2) is 18.2 Å². The molecular weight excluding hydrogens is 1950 g/mol. The van der Waals surface area contributed by atoms with Gasteiger partial charge in [0.25, 0.3) is 0 Å². The Kier molecular flexibility index (Phi) is 67.6. The Bertz CT molecular complexity index is 4750. The highest BCUT2D eigenvalue weighted by molar-refractivity contribution is 9.09. The van der Waals surface area contributed by atoms with Crippen LogP contribution in [0.15, 0.2) is 206 Å². The van der Waals surface area contributed by atoms with E-state index in [0.29, 0.717) is 108 Å². The fourth-order valence-electron chi connectivity index (χ4n) is 17.7. The van der Waals surface area contributed by atoms with Gasteiger partial charge in [-0.05, 0) is 137 Å². The monoisotopic (exact) mass is 2110 g/mol. The first kappa shape index (κ1) is 130. The molecule has 147 heavy (non-hydrogen) atoms. The van der Waals surface area contributed by atoms with Gasteiger partial charge < -0.3 is 86.1 Å². The molecule has 6 aromatic carbocycles. The van der Waals surface area contributed by atoms with Gasteiger partial charge in [-0.15, -0.1) is 0 Å². The van der Waals surface area contributed by atoms with Crippen LogP contribution in [-0.2, 0) is 85.1 Å². The highest BCUT2D eigenvalue weighted by atomic mass is 79.9. The second kappa shape index (κ2) is 76.4. The largest absolute Gasteiger partial charge is 0.466 e. The molecule has 8 saturated heterocycles. The fraction of sp³-hybridized carbons (Fsp3) is 0.543. The number of allylic oxidation sites excluding steroid dienone is 1. The van der Waals surface area contributed by atoms with Crippen LogP contribution in [0.25, 0.3) is 0 Å². The average molecular weight is 2110 g/mol. The Labute approximate surface area is 878 Å². The van der Waals surface area contributed by atoms with Crippen molar-refractivity contribution >= 4 is 86.1 Å². The number of ether oxygens (including phenoxy) is 6. The number of hydrogen-bond donors (Lipinski definition) is 9. The van der Waals surface area contributed by atoms with Gasteiger partial charge in [0.2, 0.25) is 34.8 Å². The van der Waals surface area contributed by atoms with Crippen LogP contribution in [-0.4, -0.2) is 335 Å². The minimum absolute atomic E-state index is 0. The number of fused-ring (bicyclic) bond motifs is 4. The summed E-state index contributed by atoms with van der Waals surface area (Å²) in [5.41, 5.74) is 18.4. The van der Waals surface area contributed by atoms with Crippen LogP contribution in [0, 0.1) is 65.9 Å². The van der Waals surface area contributed by atoms with Gasteiger partial charge in [0.05, 0.1) is 70.3 Å². The van der Waals surface area contributed by atoms with E-state index < -0.39 is 33.5 Å². The van der Waals surface area contributed by atoms with Crippen LogP contribution < -0.4 is 32.6 Å². The van der Waals surface area contributed by atoms with Crippen molar-refractivity contribution in [2.45, 2.75) is 164 Å². The number of nitrogens with one attached hydrogen (secondary N) is 4. The Balaban J connectivity index is 0.000000426. The predicted molar refractivity (Wildman–Crippen MR) is 574 cm³/mol. The molecular formula is C105H157B3BrN15O23. The van der Waals surface area contributed by atoms with E-state index in [9.17, 15) is 68.7 Å². The van der Waals surface area contributed by atoms with Gasteiger partial charge in [0.1, 0.15) is 6.61 Å². The maximum absolute atomic E-state index is 11.7. The van der Waals surface area contributed by atoms with Gasteiger partial charge in [-0.3, -0.25) is 73.9 Å². The second-order valence-electron chi connectivity index (χ2n) is 35.7. The maximum atomic E-state index is 11.7. The number of piperidine rings is 2. The number of carbonyl (C=O) groups is 8. The summed E-state index contributed by atoms with van der Waals surface area (Å²) in [5.74, 6) is -1.00. The molecule has 0 saturated carbocycles. The van der Waals surface area contributed by atoms with Crippen LogP contribution in [0.4, 0.5) is 9.59 Å². The average Bonchev–Trinajstić information content (AvgIpc) is 1.68. The molecule has 6 aromatic rings. The van der Waals surface area contributed by atoms with Gasteiger partial charge in [0, 0.05) is 186 Å². The predicted octanol–water partition coefficient (Wildman–Crippen LogP) is 9.26. The second-order valence-corrected chi connectivity index (χ2v) is 36.3. The molecule has 0 aromatic heterocycles. The van der Waals surface area contributed by atoms with Crippen LogP contribution in [0.2, 0.25) is 6.82 Å². The zero-order chi connectivity index (χ0) is 106. The number of nitrogens with two attached hydrogens (primary N) is 2. The first-order valence-electron chi connectivity index (χ1n) is 49.6. The minimum atomic E-state index is -0.696. The molecule has 38 nitrogen and oxygen atoms in total. The van der Waals surface area contributed by atoms with Gasteiger partial charge in [-0.25, -0.2) is 14.4 Å². The molecule has 4 radical (unpaired) electrons. The summed E-state index contributed by atoms with van der Waals surface area (Å²) in [7, 11) is 10.1. The number of nitro groups is 3. The summed E-state index contributed by atoms with van der Waals surface area (Å²) in [6.07, 6.45) is 10.5. The van der Waals surface area contributed by atoms with E-state index in [1.54, 1.807) is 77.0 Å². The number of nitrogens with zero attached hydrogens (tertiary/aromatic N) is 9. The van der Waals surface area contributed by atoms with Gasteiger partial charge in [-0.1, -0.05) is 213 Å². The van der Waals surface area contributed by atoms with E-state index in [-0.39, 0.29) is 138 Å². The number of likely N-dealkylation sites (tertiary alicyclic amines) is 4. The third kappa shape index (κ3) is 56.2. The molecule has 42 heteroatoms. The van der Waals surface area contributed by atoms with E-state index >= 15 is 0 Å². The number of carbonyl (C=O) groups excluding carboxylic acids is 8. The lowest BCUT2D eigenvalue weighted by molar-refractivity contribution is -0.525. The zero-order valence-corrected chi connectivity index (χ0v) is 86.1. The molecule has 8 aliphatic rings. The molecule has 8 fully saturated rings. The molecule has 806 valence electrons. The lowest BCUT2D eigenvalue weighted by atomic mass is 9.84. The van der Waals surface area contributed by atoms with E-state index in [4.69, 9.17) is 61.3 Å². The molecule has 0 spiro atoms. The summed E-state index contributed by atoms with van der Waals surface area (Å²) in [4.78, 5) is 132. The van der Waals surface area contributed by atoms with Crippen molar-refractivity contribution in [1.29, 1.82) is 0 Å². The molecule has 11 N–H and O–H groups in total. The van der Waals surface area contributed by atoms with Gasteiger partial charge >= 0.3 is 42.9 Å². The molecule has 0 aliphatic carbocycles. The topological polar surface area (TPSA) is 502 Å². The third-order valence-corrected chi connectivity index (χ3v) is 24.7. The smallest absolute Gasteiger partial charge is 0.373 e. The van der Waals surface area contributed by atoms with Crippen molar-refractivity contribution in [3.8, 4) is 0 Å². The molecule has 4 bridgehead atoms. The zero-order valence-electron chi connectivity index (χ0n) is 84.5. The van der Waals surface area contributed by atoms with Crippen LogP contribution in [0.3, 0.4) is 0 Å². The lowest BCUT2D eigenvalue weighted by Crippen LogP contribution is -2.46. The summed E-state index contributed by atoms with van der Waals surface area (Å²) in [5, 5.41) is 69.0. The molecule has 14 rings (SSSR count). The number of esters is 6. The number of aliphatic hydroxyl groups is 2. The van der Waals surface area contributed by atoms with E-state index in [1.165, 1.54) is 73.4 Å². The molecule has 8 aliphatic heterocycles. The van der Waals surface area contributed by atoms with Gasteiger partial charge in [-0.2, -0.15) is 0 Å². The molecule has 2 amide bonds. The van der Waals surface area contributed by atoms with Crippen molar-refractivity contribution in [2.24, 2.45) is 47.0 Å².